The molecule has 0 bridgehead atoms. The Hall–Kier alpha value is -2.01. The Labute approximate surface area is 112 Å². The van der Waals surface area contributed by atoms with Crippen LogP contribution in [-0.4, -0.2) is 36.4 Å². The number of ether oxygens (including phenoxy) is 2. The molecule has 0 aliphatic rings. The van der Waals surface area contributed by atoms with E-state index in [1.807, 2.05) is 13.8 Å². The van der Waals surface area contributed by atoms with Gasteiger partial charge in [-0.3, -0.25) is 0 Å². The highest BCUT2D eigenvalue weighted by molar-refractivity contribution is 6.03. The van der Waals surface area contributed by atoms with Gasteiger partial charge >= 0.3 is 5.97 Å². The fraction of sp³-hybridized carbons (Fsp3) is 0.357. The number of nitrogens with one attached hydrogen (secondary N) is 1. The lowest BCUT2D eigenvalue weighted by atomic mass is 10.2. The average Bonchev–Trinajstić information content (AvgIpc) is 2.83. The number of rotatable bonds is 4. The molecular formula is C14H19NO4. The second-order valence-electron chi connectivity index (χ2n) is 3.70. The van der Waals surface area contributed by atoms with Crippen LogP contribution in [0.3, 0.4) is 0 Å². The SMILES string of the molecule is CCOCC.COc1ccc2[nH]cc(C(=O)O)c2c1. The molecule has 19 heavy (non-hydrogen) atoms. The molecule has 0 aliphatic carbocycles. The lowest BCUT2D eigenvalue weighted by Gasteiger charge is -1.99. The third kappa shape index (κ3) is 3.99. The van der Waals surface area contributed by atoms with Gasteiger partial charge in [-0.2, -0.15) is 0 Å². The molecule has 0 unspecified atom stereocenters. The summed E-state index contributed by atoms with van der Waals surface area (Å²) in [5.41, 5.74) is 1.06. The van der Waals surface area contributed by atoms with Gasteiger partial charge in [-0.15, -0.1) is 0 Å². The summed E-state index contributed by atoms with van der Waals surface area (Å²) in [6.45, 7) is 5.67. The van der Waals surface area contributed by atoms with Gasteiger partial charge in [-0.25, -0.2) is 4.79 Å². The zero-order chi connectivity index (χ0) is 14.3. The van der Waals surface area contributed by atoms with Crippen molar-refractivity contribution in [2.45, 2.75) is 13.8 Å². The van der Waals surface area contributed by atoms with E-state index in [1.165, 1.54) is 6.20 Å². The van der Waals surface area contributed by atoms with Crippen molar-refractivity contribution in [1.82, 2.24) is 4.98 Å². The van der Waals surface area contributed by atoms with Crippen molar-refractivity contribution in [3.8, 4) is 5.75 Å². The molecular weight excluding hydrogens is 246 g/mol. The van der Waals surface area contributed by atoms with Crippen LogP contribution in [0.1, 0.15) is 24.2 Å². The summed E-state index contributed by atoms with van der Waals surface area (Å²) in [6, 6.07) is 5.28. The molecule has 0 radical (unpaired) electrons. The molecule has 0 aliphatic heterocycles. The van der Waals surface area contributed by atoms with Gasteiger partial charge in [0, 0.05) is 30.3 Å². The van der Waals surface area contributed by atoms with Crippen LogP contribution >= 0.6 is 0 Å². The van der Waals surface area contributed by atoms with Crippen LogP contribution < -0.4 is 4.74 Å². The molecule has 0 fully saturated rings. The summed E-state index contributed by atoms with van der Waals surface area (Å²) < 4.78 is 9.85. The van der Waals surface area contributed by atoms with Gasteiger partial charge < -0.3 is 19.6 Å². The molecule has 5 nitrogen and oxygen atoms in total. The van der Waals surface area contributed by atoms with Crippen LogP contribution in [0.4, 0.5) is 0 Å². The number of carboxylic acids is 1. The first kappa shape index (κ1) is 15.0. The third-order valence-corrected chi connectivity index (χ3v) is 2.53. The number of methoxy groups -OCH3 is 1. The van der Waals surface area contributed by atoms with Crippen LogP contribution in [0.2, 0.25) is 0 Å². The van der Waals surface area contributed by atoms with E-state index in [0.717, 1.165) is 18.7 Å². The van der Waals surface area contributed by atoms with Gasteiger partial charge in [0.1, 0.15) is 5.75 Å². The summed E-state index contributed by atoms with van der Waals surface area (Å²) in [5, 5.41) is 9.54. The number of aromatic amines is 1. The predicted octanol–water partition coefficient (Wildman–Crippen LogP) is 2.92. The standard InChI is InChI=1S/C10H9NO3.C4H10O/c1-14-6-2-3-9-7(4-6)8(5-11-9)10(12)13;1-3-5-4-2/h2-5,11H,1H3,(H,12,13);3-4H2,1-2H3. The molecule has 104 valence electrons. The summed E-state index contributed by atoms with van der Waals surface area (Å²) in [7, 11) is 1.55. The summed E-state index contributed by atoms with van der Waals surface area (Å²) in [5.74, 6) is -0.288. The Bertz CT molecular complexity index is 531. The molecule has 0 saturated heterocycles. The molecule has 0 amide bonds. The number of carboxylic acid groups (broad SMARTS) is 1. The first-order chi connectivity index (χ1) is 9.13. The van der Waals surface area contributed by atoms with Gasteiger partial charge in [-0.05, 0) is 32.0 Å². The van der Waals surface area contributed by atoms with E-state index in [1.54, 1.807) is 25.3 Å². The van der Waals surface area contributed by atoms with Crippen molar-refractivity contribution < 1.29 is 19.4 Å². The number of carbonyl (C=O) groups is 1. The second kappa shape index (κ2) is 7.43. The normalized spacial score (nSPS) is 9.84. The average molecular weight is 265 g/mol. The molecule has 2 rings (SSSR count). The van der Waals surface area contributed by atoms with Crippen molar-refractivity contribution in [2.75, 3.05) is 20.3 Å². The maximum Gasteiger partial charge on any atom is 0.337 e. The van der Waals surface area contributed by atoms with Gasteiger partial charge in [-0.1, -0.05) is 0 Å². The Morgan fingerprint density at radius 3 is 2.47 bits per heavy atom. The first-order valence-electron chi connectivity index (χ1n) is 6.10. The fourth-order valence-corrected chi connectivity index (χ4v) is 1.61. The van der Waals surface area contributed by atoms with Gasteiger partial charge in [0.15, 0.2) is 0 Å². The Morgan fingerprint density at radius 2 is 2.00 bits per heavy atom. The molecule has 0 saturated carbocycles. The highest BCUT2D eigenvalue weighted by Gasteiger charge is 2.10. The topological polar surface area (TPSA) is 71.5 Å². The van der Waals surface area contributed by atoms with E-state index in [-0.39, 0.29) is 5.56 Å². The smallest absolute Gasteiger partial charge is 0.337 e. The quantitative estimate of drug-likeness (QED) is 0.891. The highest BCUT2D eigenvalue weighted by Crippen LogP contribution is 2.23. The molecule has 1 aromatic heterocycles. The van der Waals surface area contributed by atoms with Gasteiger partial charge in [0.05, 0.1) is 12.7 Å². The van der Waals surface area contributed by atoms with Crippen molar-refractivity contribution >= 4 is 16.9 Å². The van der Waals surface area contributed by atoms with E-state index in [9.17, 15) is 4.79 Å². The highest BCUT2D eigenvalue weighted by atomic mass is 16.5. The monoisotopic (exact) mass is 265 g/mol. The predicted molar refractivity (Wildman–Crippen MR) is 74.0 cm³/mol. The van der Waals surface area contributed by atoms with E-state index in [2.05, 4.69) is 4.98 Å². The van der Waals surface area contributed by atoms with E-state index < -0.39 is 5.97 Å². The number of aromatic carboxylic acids is 1. The van der Waals surface area contributed by atoms with Crippen LogP contribution in [0, 0.1) is 0 Å². The van der Waals surface area contributed by atoms with E-state index in [0.29, 0.717) is 11.1 Å². The Balaban J connectivity index is 0.000000312. The van der Waals surface area contributed by atoms with E-state index in [4.69, 9.17) is 14.6 Å². The zero-order valence-corrected chi connectivity index (χ0v) is 11.4. The summed E-state index contributed by atoms with van der Waals surface area (Å²) in [6.07, 6.45) is 1.48. The molecule has 2 N–H and O–H groups in total. The largest absolute Gasteiger partial charge is 0.497 e. The molecule has 0 atom stereocenters. The number of benzene rings is 1. The van der Waals surface area contributed by atoms with Gasteiger partial charge in [0.25, 0.3) is 0 Å². The van der Waals surface area contributed by atoms with Crippen LogP contribution in [0.5, 0.6) is 5.75 Å². The third-order valence-electron chi connectivity index (χ3n) is 2.53. The molecule has 1 aromatic carbocycles. The van der Waals surface area contributed by atoms with Crippen LogP contribution in [0.15, 0.2) is 24.4 Å². The summed E-state index contributed by atoms with van der Waals surface area (Å²) >= 11 is 0. The van der Waals surface area contributed by atoms with Crippen molar-refractivity contribution in [3.63, 3.8) is 0 Å². The number of aromatic nitrogens is 1. The number of hydrogen-bond donors (Lipinski definition) is 2. The maximum atomic E-state index is 10.8. The molecule has 2 aromatic rings. The Morgan fingerprint density at radius 1 is 1.32 bits per heavy atom. The second-order valence-corrected chi connectivity index (χ2v) is 3.70. The molecule has 5 heteroatoms. The minimum atomic E-state index is -0.940. The first-order valence-corrected chi connectivity index (χ1v) is 6.10. The van der Waals surface area contributed by atoms with Crippen LogP contribution in [0.25, 0.3) is 10.9 Å². The molecule has 1 heterocycles. The minimum Gasteiger partial charge on any atom is -0.497 e. The van der Waals surface area contributed by atoms with Crippen molar-refractivity contribution in [1.29, 1.82) is 0 Å². The van der Waals surface area contributed by atoms with E-state index >= 15 is 0 Å². The lowest BCUT2D eigenvalue weighted by molar-refractivity contribution is 0.0699. The number of fused-ring (bicyclic) bond motifs is 1. The van der Waals surface area contributed by atoms with Crippen molar-refractivity contribution in [3.05, 3.63) is 30.0 Å². The molecule has 0 spiro atoms. The number of hydrogen-bond acceptors (Lipinski definition) is 3. The fourth-order valence-electron chi connectivity index (χ4n) is 1.61. The zero-order valence-electron chi connectivity index (χ0n) is 11.4. The van der Waals surface area contributed by atoms with Gasteiger partial charge in [0.2, 0.25) is 0 Å². The maximum absolute atomic E-state index is 10.8. The van der Waals surface area contributed by atoms with Crippen molar-refractivity contribution in [2.24, 2.45) is 0 Å². The Kier molecular flexibility index (Phi) is 5.89. The summed E-state index contributed by atoms with van der Waals surface area (Å²) in [4.78, 5) is 13.7. The number of H-pyrrole nitrogens is 1. The minimum absolute atomic E-state index is 0.263. The van der Waals surface area contributed by atoms with Crippen LogP contribution in [-0.2, 0) is 4.74 Å². The lowest BCUT2D eigenvalue weighted by Crippen LogP contribution is -1.93.